The van der Waals surface area contributed by atoms with Gasteiger partial charge in [0.2, 0.25) is 6.04 Å². The standard InChI is InChI=1S/C20H18Cl2N4O6S/c1-4-32-20(28)17-16(24-23-15-10(2)6-5-7-13(15)21)19(27)26(25-17)18-11(3)8-12(9-14(18)22)33(29,30)31/h5-9,16H,4H2,1-3H3,(H,29,30,31). The average Bonchev–Trinajstić information content (AvgIpc) is 3.03. The van der Waals surface area contributed by atoms with Gasteiger partial charge in [-0.3, -0.25) is 9.35 Å². The van der Waals surface area contributed by atoms with E-state index in [1.165, 1.54) is 6.92 Å². The maximum absolute atomic E-state index is 13.2. The molecular weight excluding hydrogens is 495 g/mol. The van der Waals surface area contributed by atoms with Crippen molar-refractivity contribution in [2.45, 2.75) is 31.7 Å². The number of benzene rings is 2. The first-order valence-corrected chi connectivity index (χ1v) is 11.7. The molecule has 2 aromatic carbocycles. The Balaban J connectivity index is 2.08. The van der Waals surface area contributed by atoms with Gasteiger partial charge in [-0.15, -0.1) is 0 Å². The second-order valence-electron chi connectivity index (χ2n) is 6.92. The molecule has 0 bridgehead atoms. The van der Waals surface area contributed by atoms with Gasteiger partial charge in [-0.25, -0.2) is 4.79 Å². The van der Waals surface area contributed by atoms with Crippen LogP contribution in [0.5, 0.6) is 0 Å². The molecule has 0 radical (unpaired) electrons. The van der Waals surface area contributed by atoms with Crippen LogP contribution in [0.15, 0.2) is 50.6 Å². The number of azo groups is 1. The molecule has 3 rings (SSSR count). The van der Waals surface area contributed by atoms with Crippen molar-refractivity contribution in [2.75, 3.05) is 11.6 Å². The van der Waals surface area contributed by atoms with E-state index in [2.05, 4.69) is 15.3 Å². The Kier molecular flexibility index (Phi) is 7.17. The smallest absolute Gasteiger partial charge is 0.357 e. The minimum atomic E-state index is -4.54. The molecule has 13 heteroatoms. The van der Waals surface area contributed by atoms with E-state index in [-0.39, 0.29) is 28.6 Å². The molecule has 0 aliphatic carbocycles. The quantitative estimate of drug-likeness (QED) is 0.348. The SMILES string of the molecule is CCOC(=O)C1=NN(c2c(C)cc(S(=O)(=O)O)cc2Cl)C(=O)C1N=Nc1c(C)cccc1Cl. The first-order chi connectivity index (χ1) is 15.5. The zero-order valence-electron chi connectivity index (χ0n) is 17.6. The van der Waals surface area contributed by atoms with Gasteiger partial charge < -0.3 is 4.74 Å². The molecule has 1 N–H and O–H groups in total. The Morgan fingerprint density at radius 2 is 1.91 bits per heavy atom. The van der Waals surface area contributed by atoms with Crippen LogP contribution in [0.25, 0.3) is 0 Å². The summed E-state index contributed by atoms with van der Waals surface area (Å²) >= 11 is 12.4. The molecule has 33 heavy (non-hydrogen) atoms. The summed E-state index contributed by atoms with van der Waals surface area (Å²) in [6.45, 7) is 4.84. The van der Waals surface area contributed by atoms with E-state index < -0.39 is 32.9 Å². The zero-order chi connectivity index (χ0) is 24.5. The zero-order valence-corrected chi connectivity index (χ0v) is 19.9. The maximum Gasteiger partial charge on any atom is 0.357 e. The van der Waals surface area contributed by atoms with Crippen molar-refractivity contribution in [1.29, 1.82) is 0 Å². The van der Waals surface area contributed by atoms with Crippen molar-refractivity contribution >= 4 is 62.3 Å². The molecule has 0 spiro atoms. The van der Waals surface area contributed by atoms with E-state index in [9.17, 15) is 22.6 Å². The molecular formula is C20H18Cl2N4O6S. The summed E-state index contributed by atoms with van der Waals surface area (Å²) in [5, 5.41) is 13.1. The van der Waals surface area contributed by atoms with Crippen LogP contribution in [0.4, 0.5) is 11.4 Å². The Labute approximate surface area is 199 Å². The molecule has 0 saturated carbocycles. The van der Waals surface area contributed by atoms with Crippen molar-refractivity contribution in [3.63, 3.8) is 0 Å². The predicted molar refractivity (Wildman–Crippen MR) is 122 cm³/mol. The van der Waals surface area contributed by atoms with Crippen LogP contribution in [-0.4, -0.2) is 43.2 Å². The van der Waals surface area contributed by atoms with Gasteiger partial charge in [0, 0.05) is 0 Å². The van der Waals surface area contributed by atoms with Crippen LogP contribution >= 0.6 is 23.2 Å². The highest BCUT2D eigenvalue weighted by Gasteiger charge is 2.43. The van der Waals surface area contributed by atoms with Crippen LogP contribution in [0.1, 0.15) is 18.1 Å². The molecule has 0 aromatic heterocycles. The van der Waals surface area contributed by atoms with Crippen molar-refractivity contribution in [3.05, 3.63) is 51.5 Å². The molecule has 1 unspecified atom stereocenters. The number of carbonyl (C=O) groups excluding carboxylic acids is 2. The van der Waals surface area contributed by atoms with E-state index in [0.717, 1.165) is 17.1 Å². The Bertz CT molecular complexity index is 1270. The molecule has 174 valence electrons. The third-order valence-electron chi connectivity index (χ3n) is 4.59. The Morgan fingerprint density at radius 1 is 1.21 bits per heavy atom. The van der Waals surface area contributed by atoms with Gasteiger partial charge >= 0.3 is 5.97 Å². The fraction of sp³-hybridized carbons (Fsp3) is 0.250. The summed E-state index contributed by atoms with van der Waals surface area (Å²) in [6, 6.07) is 5.72. The van der Waals surface area contributed by atoms with Crippen LogP contribution in [0.2, 0.25) is 10.0 Å². The predicted octanol–water partition coefficient (Wildman–Crippen LogP) is 4.28. The van der Waals surface area contributed by atoms with Crippen LogP contribution < -0.4 is 5.01 Å². The minimum absolute atomic E-state index is 0.0162. The van der Waals surface area contributed by atoms with E-state index in [1.54, 1.807) is 32.0 Å². The minimum Gasteiger partial charge on any atom is -0.461 e. The number of carbonyl (C=O) groups is 2. The van der Waals surface area contributed by atoms with Crippen LogP contribution in [0, 0.1) is 13.8 Å². The summed E-state index contributed by atoms with van der Waals surface area (Å²) in [5.74, 6) is -1.65. The lowest BCUT2D eigenvalue weighted by Crippen LogP contribution is -2.34. The molecule has 0 saturated heterocycles. The Morgan fingerprint density at radius 3 is 2.48 bits per heavy atom. The number of amides is 1. The number of halogens is 2. The molecule has 2 aromatic rings. The Hall–Kier alpha value is -2.86. The normalized spacial score (nSPS) is 16.4. The van der Waals surface area contributed by atoms with Crippen molar-refractivity contribution < 1.29 is 27.3 Å². The van der Waals surface area contributed by atoms with Gasteiger partial charge in [0.05, 0.1) is 27.2 Å². The molecule has 1 amide bonds. The number of esters is 1. The lowest BCUT2D eigenvalue weighted by molar-refractivity contribution is -0.135. The molecule has 10 nitrogen and oxygen atoms in total. The second kappa shape index (κ2) is 9.56. The van der Waals surface area contributed by atoms with Gasteiger partial charge in [-0.05, 0) is 50.1 Å². The average molecular weight is 513 g/mol. The number of anilines is 1. The van der Waals surface area contributed by atoms with Gasteiger partial charge in [-0.1, -0.05) is 35.3 Å². The van der Waals surface area contributed by atoms with E-state index in [1.807, 2.05) is 0 Å². The monoisotopic (exact) mass is 512 g/mol. The molecule has 1 aliphatic rings. The number of hydrogen-bond donors (Lipinski definition) is 1. The van der Waals surface area contributed by atoms with Crippen LogP contribution in [-0.2, 0) is 24.4 Å². The lowest BCUT2D eigenvalue weighted by Gasteiger charge is -2.17. The summed E-state index contributed by atoms with van der Waals surface area (Å²) in [5.41, 5.74) is 0.908. The molecule has 1 heterocycles. The van der Waals surface area contributed by atoms with Crippen LogP contribution in [0.3, 0.4) is 0 Å². The number of aryl methyl sites for hydroxylation is 2. The third kappa shape index (κ3) is 5.06. The van der Waals surface area contributed by atoms with Crippen molar-refractivity contribution in [2.24, 2.45) is 15.3 Å². The summed E-state index contributed by atoms with van der Waals surface area (Å²) in [7, 11) is -4.54. The summed E-state index contributed by atoms with van der Waals surface area (Å²) in [6.07, 6.45) is 0. The lowest BCUT2D eigenvalue weighted by atomic mass is 10.1. The number of hydrazone groups is 1. The first kappa shape index (κ1) is 24.8. The van der Waals surface area contributed by atoms with Gasteiger partial charge in [0.15, 0.2) is 5.71 Å². The van der Waals surface area contributed by atoms with E-state index in [0.29, 0.717) is 16.3 Å². The maximum atomic E-state index is 13.2. The topological polar surface area (TPSA) is 138 Å². The second-order valence-corrected chi connectivity index (χ2v) is 9.16. The van der Waals surface area contributed by atoms with E-state index >= 15 is 0 Å². The number of ether oxygens (including phenoxy) is 1. The van der Waals surface area contributed by atoms with Crippen molar-refractivity contribution in [1.82, 2.24) is 0 Å². The number of rotatable bonds is 6. The summed E-state index contributed by atoms with van der Waals surface area (Å²) in [4.78, 5) is 25.2. The fourth-order valence-electron chi connectivity index (χ4n) is 3.05. The largest absolute Gasteiger partial charge is 0.461 e. The highest BCUT2D eigenvalue weighted by atomic mass is 35.5. The summed E-state index contributed by atoms with van der Waals surface area (Å²) < 4.78 is 37.2. The molecule has 1 atom stereocenters. The highest BCUT2D eigenvalue weighted by molar-refractivity contribution is 7.85. The number of hydrogen-bond acceptors (Lipinski definition) is 8. The highest BCUT2D eigenvalue weighted by Crippen LogP contribution is 2.36. The number of nitrogens with zero attached hydrogens (tertiary/aromatic N) is 4. The molecule has 0 fully saturated rings. The fourth-order valence-corrected chi connectivity index (χ4v) is 4.32. The molecule has 1 aliphatic heterocycles. The first-order valence-electron chi connectivity index (χ1n) is 9.48. The van der Waals surface area contributed by atoms with Gasteiger partial charge in [0.25, 0.3) is 16.0 Å². The van der Waals surface area contributed by atoms with Gasteiger partial charge in [-0.2, -0.15) is 28.8 Å². The van der Waals surface area contributed by atoms with Crippen molar-refractivity contribution in [3.8, 4) is 0 Å². The van der Waals surface area contributed by atoms with E-state index in [4.69, 9.17) is 27.9 Å². The van der Waals surface area contributed by atoms with Gasteiger partial charge in [0.1, 0.15) is 5.69 Å². The third-order valence-corrected chi connectivity index (χ3v) is 6.02.